The number of carbonyl (C=O) groups is 1. The third-order valence-electron chi connectivity index (χ3n) is 5.24. The first-order chi connectivity index (χ1) is 14.7. The van der Waals surface area contributed by atoms with E-state index in [2.05, 4.69) is 10.4 Å². The normalized spacial score (nSPS) is 12.1. The second kappa shape index (κ2) is 7.75. The van der Waals surface area contributed by atoms with Crippen molar-refractivity contribution in [3.05, 3.63) is 81.1 Å². The van der Waals surface area contributed by atoms with Crippen LogP contribution in [-0.4, -0.2) is 20.9 Å². The molecule has 0 bridgehead atoms. The molecule has 7 nitrogen and oxygen atoms in total. The number of benzene rings is 2. The summed E-state index contributed by atoms with van der Waals surface area (Å²) in [6, 6.07) is 11.6. The fraction of sp³-hybridized carbons (Fsp3) is 0.208. The van der Waals surface area contributed by atoms with Crippen LogP contribution >= 0.6 is 0 Å². The first-order valence-electron chi connectivity index (χ1n) is 9.92. The Balaban J connectivity index is 1.86. The van der Waals surface area contributed by atoms with E-state index in [9.17, 15) is 14.7 Å². The Bertz CT molecular complexity index is 1370. The second-order valence-electron chi connectivity index (χ2n) is 7.76. The molecule has 2 aromatic heterocycles. The van der Waals surface area contributed by atoms with Crippen LogP contribution in [0.5, 0.6) is 0 Å². The summed E-state index contributed by atoms with van der Waals surface area (Å²) in [6.07, 6.45) is 1.86. The molecule has 1 atom stereocenters. The zero-order valence-corrected chi connectivity index (χ0v) is 17.8. The molecule has 4 aromatic rings. The van der Waals surface area contributed by atoms with Crippen LogP contribution in [0.4, 0.5) is 5.69 Å². The SMILES string of the molecule is Cc1cc(C(C)Nc2ccccc2C(=O)O)c2oc(-c3nn(C)cc3C)cc(=O)c2c1. The van der Waals surface area contributed by atoms with Gasteiger partial charge in [0.25, 0.3) is 0 Å². The summed E-state index contributed by atoms with van der Waals surface area (Å²) in [5.74, 6) is -0.609. The molecule has 7 heteroatoms. The number of fused-ring (bicyclic) bond motifs is 1. The third-order valence-corrected chi connectivity index (χ3v) is 5.24. The number of aromatic carboxylic acids is 1. The number of hydrogen-bond acceptors (Lipinski definition) is 5. The van der Waals surface area contributed by atoms with Crippen molar-refractivity contribution >= 4 is 22.6 Å². The molecule has 0 aliphatic rings. The van der Waals surface area contributed by atoms with E-state index in [1.807, 2.05) is 40.1 Å². The molecule has 4 rings (SSSR count). The lowest BCUT2D eigenvalue weighted by molar-refractivity contribution is 0.0698. The van der Waals surface area contributed by atoms with Crippen molar-refractivity contribution in [3.8, 4) is 11.5 Å². The first-order valence-corrected chi connectivity index (χ1v) is 9.92. The molecule has 0 amide bonds. The number of hydrogen-bond donors (Lipinski definition) is 2. The van der Waals surface area contributed by atoms with Crippen LogP contribution in [0, 0.1) is 13.8 Å². The van der Waals surface area contributed by atoms with Crippen LogP contribution in [0.3, 0.4) is 0 Å². The molecule has 2 N–H and O–H groups in total. The lowest BCUT2D eigenvalue weighted by Crippen LogP contribution is -2.12. The van der Waals surface area contributed by atoms with Crippen molar-refractivity contribution < 1.29 is 14.3 Å². The van der Waals surface area contributed by atoms with E-state index in [1.165, 1.54) is 6.07 Å². The van der Waals surface area contributed by atoms with E-state index >= 15 is 0 Å². The molecular formula is C24H23N3O4. The van der Waals surface area contributed by atoms with E-state index in [-0.39, 0.29) is 17.0 Å². The second-order valence-corrected chi connectivity index (χ2v) is 7.76. The van der Waals surface area contributed by atoms with Crippen LogP contribution in [0.1, 0.15) is 40.0 Å². The van der Waals surface area contributed by atoms with Gasteiger partial charge in [-0.1, -0.05) is 18.2 Å². The molecule has 2 heterocycles. The van der Waals surface area contributed by atoms with Gasteiger partial charge in [0.15, 0.2) is 11.2 Å². The smallest absolute Gasteiger partial charge is 0.337 e. The number of nitrogens with one attached hydrogen (secondary N) is 1. The molecule has 0 aliphatic heterocycles. The Labute approximate surface area is 178 Å². The highest BCUT2D eigenvalue weighted by molar-refractivity contribution is 5.94. The van der Waals surface area contributed by atoms with Crippen LogP contribution in [-0.2, 0) is 7.05 Å². The highest BCUT2D eigenvalue weighted by atomic mass is 16.4. The molecule has 0 saturated carbocycles. The standard InChI is InChI=1S/C24H23N3O4/c1-13-9-17(15(3)25-19-8-6-5-7-16(19)24(29)30)23-18(10-13)20(28)11-21(31-23)22-14(2)12-27(4)26-22/h5-12,15,25H,1-4H3,(H,29,30). The Kier molecular flexibility index (Phi) is 5.10. The number of nitrogens with zero attached hydrogens (tertiary/aromatic N) is 2. The molecule has 0 fully saturated rings. The first kappa shape index (κ1) is 20.4. The maximum atomic E-state index is 12.9. The van der Waals surface area contributed by atoms with Gasteiger partial charge < -0.3 is 14.8 Å². The van der Waals surface area contributed by atoms with Gasteiger partial charge in [0.05, 0.1) is 17.0 Å². The van der Waals surface area contributed by atoms with Gasteiger partial charge in [-0.25, -0.2) is 4.79 Å². The Morgan fingerprint density at radius 2 is 1.94 bits per heavy atom. The largest absolute Gasteiger partial charge is 0.478 e. The van der Waals surface area contributed by atoms with Gasteiger partial charge in [-0.2, -0.15) is 5.10 Å². The summed E-state index contributed by atoms with van der Waals surface area (Å²) in [6.45, 7) is 5.73. The summed E-state index contributed by atoms with van der Waals surface area (Å²) >= 11 is 0. The minimum atomic E-state index is -1.01. The average molecular weight is 417 g/mol. The van der Waals surface area contributed by atoms with Crippen molar-refractivity contribution in [1.82, 2.24) is 9.78 Å². The predicted octanol–water partition coefficient (Wildman–Crippen LogP) is 4.68. The fourth-order valence-electron chi connectivity index (χ4n) is 3.83. The number of rotatable bonds is 5. The molecular weight excluding hydrogens is 394 g/mol. The van der Waals surface area contributed by atoms with Crippen molar-refractivity contribution in [2.75, 3.05) is 5.32 Å². The maximum absolute atomic E-state index is 12.9. The third kappa shape index (κ3) is 3.82. The number of aryl methyl sites for hydroxylation is 3. The molecule has 2 aromatic carbocycles. The van der Waals surface area contributed by atoms with Crippen LogP contribution in [0.15, 0.2) is 57.9 Å². The Morgan fingerprint density at radius 1 is 1.19 bits per heavy atom. The van der Waals surface area contributed by atoms with Crippen molar-refractivity contribution in [2.24, 2.45) is 7.05 Å². The summed E-state index contributed by atoms with van der Waals surface area (Å²) in [4.78, 5) is 24.5. The van der Waals surface area contributed by atoms with Crippen molar-refractivity contribution in [3.63, 3.8) is 0 Å². The van der Waals surface area contributed by atoms with Crippen LogP contribution in [0.25, 0.3) is 22.4 Å². The topological polar surface area (TPSA) is 97.4 Å². The predicted molar refractivity (Wildman–Crippen MR) is 120 cm³/mol. The lowest BCUT2D eigenvalue weighted by atomic mass is 10.0. The average Bonchev–Trinajstić information content (AvgIpc) is 3.06. The van der Waals surface area contributed by atoms with Gasteiger partial charge in [0, 0.05) is 30.6 Å². The Hall–Kier alpha value is -3.87. The molecule has 0 aliphatic carbocycles. The number of carboxylic acid groups (broad SMARTS) is 1. The van der Waals surface area contributed by atoms with Gasteiger partial charge >= 0.3 is 5.97 Å². The van der Waals surface area contributed by atoms with Crippen LogP contribution in [0.2, 0.25) is 0 Å². The minimum absolute atomic E-state index is 0.149. The van der Waals surface area contributed by atoms with Gasteiger partial charge in [-0.05, 0) is 50.1 Å². The molecule has 1 unspecified atom stereocenters. The highest BCUT2D eigenvalue weighted by Gasteiger charge is 2.19. The summed E-state index contributed by atoms with van der Waals surface area (Å²) in [5.41, 5.74) is 4.19. The summed E-state index contributed by atoms with van der Waals surface area (Å²) in [5, 5.41) is 17.6. The highest BCUT2D eigenvalue weighted by Crippen LogP contribution is 2.31. The summed E-state index contributed by atoms with van der Waals surface area (Å²) in [7, 11) is 1.82. The summed E-state index contributed by atoms with van der Waals surface area (Å²) < 4.78 is 7.89. The van der Waals surface area contributed by atoms with Gasteiger partial charge in [0.1, 0.15) is 11.3 Å². The number of anilines is 1. The molecule has 0 radical (unpaired) electrons. The zero-order chi connectivity index (χ0) is 22.3. The van der Waals surface area contributed by atoms with E-state index in [0.717, 1.165) is 16.7 Å². The number of carboxylic acids is 1. The van der Waals surface area contributed by atoms with E-state index in [4.69, 9.17) is 4.42 Å². The fourth-order valence-corrected chi connectivity index (χ4v) is 3.83. The number of aromatic nitrogens is 2. The van der Waals surface area contributed by atoms with E-state index in [1.54, 1.807) is 35.0 Å². The van der Waals surface area contributed by atoms with Gasteiger partial charge in [-0.3, -0.25) is 9.48 Å². The van der Waals surface area contributed by atoms with Crippen molar-refractivity contribution in [2.45, 2.75) is 26.8 Å². The quantitative estimate of drug-likeness (QED) is 0.489. The van der Waals surface area contributed by atoms with Crippen LogP contribution < -0.4 is 10.7 Å². The van der Waals surface area contributed by atoms with Gasteiger partial charge in [-0.15, -0.1) is 0 Å². The monoisotopic (exact) mass is 417 g/mol. The van der Waals surface area contributed by atoms with E-state index < -0.39 is 5.97 Å². The lowest BCUT2D eigenvalue weighted by Gasteiger charge is -2.19. The van der Waals surface area contributed by atoms with Crippen molar-refractivity contribution in [1.29, 1.82) is 0 Å². The number of para-hydroxylation sites is 1. The maximum Gasteiger partial charge on any atom is 0.337 e. The minimum Gasteiger partial charge on any atom is -0.478 e. The van der Waals surface area contributed by atoms with E-state index in [0.29, 0.717) is 28.1 Å². The molecule has 158 valence electrons. The Morgan fingerprint density at radius 3 is 2.61 bits per heavy atom. The zero-order valence-electron chi connectivity index (χ0n) is 17.8. The molecule has 0 spiro atoms. The van der Waals surface area contributed by atoms with Gasteiger partial charge in [0.2, 0.25) is 0 Å². The molecule has 31 heavy (non-hydrogen) atoms. The molecule has 0 saturated heterocycles.